The maximum absolute atomic E-state index is 14.1. The molecule has 2 rings (SSSR count). The minimum Gasteiger partial charge on any atom is -0.389 e. The lowest BCUT2D eigenvalue weighted by atomic mass is 10.1. The summed E-state index contributed by atoms with van der Waals surface area (Å²) in [5, 5.41) is 9.44. The molecule has 0 amide bonds. The molecule has 1 aromatic rings. The highest BCUT2D eigenvalue weighted by Gasteiger charge is 2.25. The van der Waals surface area contributed by atoms with Crippen LogP contribution in [-0.4, -0.2) is 30.4 Å². The van der Waals surface area contributed by atoms with Crippen molar-refractivity contribution < 1.29 is 14.2 Å². The molecule has 0 saturated carbocycles. The highest BCUT2D eigenvalue weighted by Crippen LogP contribution is 2.27. The van der Waals surface area contributed by atoms with Gasteiger partial charge in [-0.15, -0.1) is 0 Å². The number of rotatable bonds is 2. The van der Waals surface area contributed by atoms with Gasteiger partial charge in [-0.2, -0.15) is 0 Å². The Hall–Kier alpha value is -1.13. The fraction of sp³-hybridized carbons (Fsp3) is 0.571. The summed E-state index contributed by atoms with van der Waals surface area (Å²) in [6, 6.07) is 5.09. The predicted molar refractivity (Wildman–Crippen MR) is 69.3 cm³/mol. The molecule has 3 atom stereocenters. The molecule has 0 aromatic heterocycles. The van der Waals surface area contributed by atoms with E-state index in [0.29, 0.717) is 24.4 Å². The monoisotopic (exact) mass is 253 g/mol. The fourth-order valence-electron chi connectivity index (χ4n) is 2.25. The second-order valence-electron chi connectivity index (χ2n) is 5.03. The van der Waals surface area contributed by atoms with Crippen molar-refractivity contribution in [2.75, 3.05) is 18.1 Å². The van der Waals surface area contributed by atoms with Gasteiger partial charge in [0.25, 0.3) is 0 Å². The summed E-state index contributed by atoms with van der Waals surface area (Å²) >= 11 is 0. The van der Waals surface area contributed by atoms with E-state index in [4.69, 9.17) is 4.74 Å². The van der Waals surface area contributed by atoms with Crippen LogP contribution in [0.3, 0.4) is 0 Å². The van der Waals surface area contributed by atoms with E-state index in [9.17, 15) is 9.50 Å². The maximum Gasteiger partial charge on any atom is 0.146 e. The summed E-state index contributed by atoms with van der Waals surface area (Å²) in [5.74, 6) is -0.283. The zero-order chi connectivity index (χ0) is 13.3. The Morgan fingerprint density at radius 3 is 2.78 bits per heavy atom. The van der Waals surface area contributed by atoms with Crippen LogP contribution in [0, 0.1) is 5.82 Å². The molecule has 4 heteroatoms. The van der Waals surface area contributed by atoms with Gasteiger partial charge in [-0.1, -0.05) is 6.07 Å². The van der Waals surface area contributed by atoms with Crippen LogP contribution in [-0.2, 0) is 4.74 Å². The number of nitrogens with zero attached hydrogens (tertiary/aromatic N) is 1. The lowest BCUT2D eigenvalue weighted by Crippen LogP contribution is -2.47. The molecule has 100 valence electrons. The number of hydrogen-bond acceptors (Lipinski definition) is 3. The average Bonchev–Trinajstić information content (AvgIpc) is 2.32. The third kappa shape index (κ3) is 2.65. The van der Waals surface area contributed by atoms with Gasteiger partial charge in [0.15, 0.2) is 0 Å². The minimum atomic E-state index is -0.644. The van der Waals surface area contributed by atoms with Crippen molar-refractivity contribution in [2.24, 2.45) is 0 Å². The summed E-state index contributed by atoms with van der Waals surface area (Å²) < 4.78 is 19.6. The van der Waals surface area contributed by atoms with Gasteiger partial charge in [0, 0.05) is 12.6 Å². The normalized spacial score (nSPS) is 26.2. The first-order valence-corrected chi connectivity index (χ1v) is 6.34. The second-order valence-corrected chi connectivity index (χ2v) is 5.03. The molecule has 18 heavy (non-hydrogen) atoms. The van der Waals surface area contributed by atoms with Gasteiger partial charge >= 0.3 is 0 Å². The third-order valence-electron chi connectivity index (χ3n) is 3.37. The molecular weight excluding hydrogens is 233 g/mol. The summed E-state index contributed by atoms with van der Waals surface area (Å²) in [4.78, 5) is 2.02. The first-order chi connectivity index (χ1) is 8.49. The summed E-state index contributed by atoms with van der Waals surface area (Å²) in [6.45, 7) is 6.94. The van der Waals surface area contributed by atoms with Crippen molar-refractivity contribution in [1.82, 2.24) is 0 Å². The Morgan fingerprint density at radius 1 is 1.44 bits per heavy atom. The first-order valence-electron chi connectivity index (χ1n) is 6.34. The maximum atomic E-state index is 14.1. The van der Waals surface area contributed by atoms with E-state index in [-0.39, 0.29) is 18.0 Å². The van der Waals surface area contributed by atoms with E-state index < -0.39 is 6.10 Å². The largest absolute Gasteiger partial charge is 0.389 e. The molecule has 1 aliphatic heterocycles. The molecule has 0 spiro atoms. The van der Waals surface area contributed by atoms with Crippen molar-refractivity contribution >= 4 is 5.69 Å². The van der Waals surface area contributed by atoms with E-state index in [1.54, 1.807) is 19.1 Å². The Labute approximate surface area is 107 Å². The Kier molecular flexibility index (Phi) is 3.88. The Morgan fingerprint density at radius 2 is 2.17 bits per heavy atom. The lowest BCUT2D eigenvalue weighted by Gasteiger charge is -2.38. The van der Waals surface area contributed by atoms with Crippen molar-refractivity contribution in [1.29, 1.82) is 0 Å². The van der Waals surface area contributed by atoms with Crippen LogP contribution in [0.1, 0.15) is 32.4 Å². The van der Waals surface area contributed by atoms with Crippen molar-refractivity contribution in [3.05, 3.63) is 29.6 Å². The predicted octanol–water partition coefficient (Wildman–Crippen LogP) is 2.49. The number of anilines is 1. The van der Waals surface area contributed by atoms with Crippen LogP contribution in [0.2, 0.25) is 0 Å². The number of aliphatic hydroxyl groups is 1. The number of morpholine rings is 1. The van der Waals surface area contributed by atoms with E-state index in [1.807, 2.05) is 18.7 Å². The molecule has 0 aliphatic carbocycles. The molecule has 3 nitrogen and oxygen atoms in total. The second kappa shape index (κ2) is 5.24. The fourth-order valence-corrected chi connectivity index (χ4v) is 2.25. The quantitative estimate of drug-likeness (QED) is 0.879. The third-order valence-corrected chi connectivity index (χ3v) is 3.37. The molecule has 1 saturated heterocycles. The average molecular weight is 253 g/mol. The van der Waals surface area contributed by atoms with Gasteiger partial charge in [0.1, 0.15) is 5.82 Å². The Balaban J connectivity index is 2.27. The van der Waals surface area contributed by atoms with Gasteiger partial charge in [-0.05, 0) is 38.5 Å². The van der Waals surface area contributed by atoms with Gasteiger partial charge in [0.2, 0.25) is 0 Å². The summed E-state index contributed by atoms with van der Waals surface area (Å²) in [7, 11) is 0. The molecule has 2 unspecified atom stereocenters. The highest BCUT2D eigenvalue weighted by atomic mass is 19.1. The van der Waals surface area contributed by atoms with Gasteiger partial charge in [-0.25, -0.2) is 4.39 Å². The molecular formula is C14H20FNO2. The van der Waals surface area contributed by atoms with Gasteiger partial charge < -0.3 is 14.7 Å². The smallest absolute Gasteiger partial charge is 0.146 e. The summed E-state index contributed by atoms with van der Waals surface area (Å²) in [5.41, 5.74) is 1.19. The SMILES string of the molecule is CC1CN(c2ccc([C@H](C)O)cc2F)C(C)CO1. The van der Waals surface area contributed by atoms with E-state index in [1.165, 1.54) is 6.07 Å². The molecule has 1 N–H and O–H groups in total. The highest BCUT2D eigenvalue weighted by molar-refractivity contribution is 5.50. The van der Waals surface area contributed by atoms with Crippen LogP contribution in [0.15, 0.2) is 18.2 Å². The lowest BCUT2D eigenvalue weighted by molar-refractivity contribution is 0.0341. The number of hydrogen-bond donors (Lipinski definition) is 1. The number of halogens is 1. The zero-order valence-corrected chi connectivity index (χ0v) is 11.1. The molecule has 1 heterocycles. The van der Waals surface area contributed by atoms with Crippen LogP contribution in [0.4, 0.5) is 10.1 Å². The van der Waals surface area contributed by atoms with Crippen molar-refractivity contribution in [3.8, 4) is 0 Å². The van der Waals surface area contributed by atoms with Crippen LogP contribution >= 0.6 is 0 Å². The van der Waals surface area contributed by atoms with Crippen LogP contribution in [0.5, 0.6) is 0 Å². The molecule has 0 radical (unpaired) electrons. The number of ether oxygens (including phenoxy) is 1. The topological polar surface area (TPSA) is 32.7 Å². The van der Waals surface area contributed by atoms with E-state index in [0.717, 1.165) is 0 Å². The minimum absolute atomic E-state index is 0.108. The molecule has 1 aromatic carbocycles. The van der Waals surface area contributed by atoms with E-state index in [2.05, 4.69) is 0 Å². The van der Waals surface area contributed by atoms with Crippen molar-refractivity contribution in [3.63, 3.8) is 0 Å². The van der Waals surface area contributed by atoms with E-state index >= 15 is 0 Å². The molecule has 0 bridgehead atoms. The van der Waals surface area contributed by atoms with Crippen LogP contribution < -0.4 is 4.90 Å². The molecule has 1 aliphatic rings. The first kappa shape index (κ1) is 13.3. The molecule has 1 fully saturated rings. The van der Waals surface area contributed by atoms with Crippen molar-refractivity contribution in [2.45, 2.75) is 39.0 Å². The van der Waals surface area contributed by atoms with Gasteiger partial charge in [-0.3, -0.25) is 0 Å². The Bertz CT molecular complexity index is 422. The number of aliphatic hydroxyl groups excluding tert-OH is 1. The van der Waals surface area contributed by atoms with Gasteiger partial charge in [0.05, 0.1) is 24.5 Å². The number of benzene rings is 1. The standard InChI is InChI=1S/C14H20FNO2/c1-9-8-18-10(2)7-16(9)14-5-4-12(11(3)17)6-13(14)15/h4-6,9-11,17H,7-8H2,1-3H3/t9?,10?,11-/m0/s1. The summed E-state index contributed by atoms with van der Waals surface area (Å²) in [6.07, 6.45) is -0.536. The van der Waals surface area contributed by atoms with Crippen LogP contribution in [0.25, 0.3) is 0 Å². The zero-order valence-electron chi connectivity index (χ0n) is 11.1.